The van der Waals surface area contributed by atoms with E-state index in [1.165, 1.54) is 16.0 Å². The molecule has 1 aliphatic rings. The van der Waals surface area contributed by atoms with Crippen molar-refractivity contribution in [3.63, 3.8) is 0 Å². The predicted octanol–water partition coefficient (Wildman–Crippen LogP) is 3.97. The van der Waals surface area contributed by atoms with E-state index in [2.05, 4.69) is 25.1 Å². The van der Waals surface area contributed by atoms with Crippen LogP contribution in [0.5, 0.6) is 0 Å². The third-order valence-corrected chi connectivity index (χ3v) is 5.42. The molecule has 1 aromatic carbocycles. The molecule has 1 aromatic heterocycles. The van der Waals surface area contributed by atoms with Crippen LogP contribution in [0.25, 0.3) is 0 Å². The van der Waals surface area contributed by atoms with E-state index < -0.39 is 0 Å². The van der Waals surface area contributed by atoms with Crippen LogP contribution in [-0.2, 0) is 16.0 Å². The predicted molar refractivity (Wildman–Crippen MR) is 89.0 cm³/mol. The number of carbonyl (C=O) groups excluding carboxylic acids is 1. The highest BCUT2D eigenvalue weighted by Gasteiger charge is 2.26. The van der Waals surface area contributed by atoms with Gasteiger partial charge in [-0.3, -0.25) is 4.79 Å². The molecule has 0 bridgehead atoms. The summed E-state index contributed by atoms with van der Waals surface area (Å²) < 4.78 is 5.85. The van der Waals surface area contributed by atoms with Gasteiger partial charge in [0.25, 0.3) is 0 Å². The minimum absolute atomic E-state index is 0.103. The first kappa shape index (κ1) is 15.3. The summed E-state index contributed by atoms with van der Waals surface area (Å²) in [5, 5.41) is 2.05. The van der Waals surface area contributed by atoms with Crippen LogP contribution in [0.2, 0.25) is 0 Å². The first-order valence-electron chi connectivity index (χ1n) is 7.65. The molecule has 0 N–H and O–H groups in total. The highest BCUT2D eigenvalue weighted by molar-refractivity contribution is 7.10. The Hall–Kier alpha value is -1.65. The Bertz CT molecular complexity index is 638. The van der Waals surface area contributed by atoms with Crippen molar-refractivity contribution < 1.29 is 9.53 Å². The van der Waals surface area contributed by atoms with Crippen LogP contribution in [0.1, 0.15) is 41.5 Å². The summed E-state index contributed by atoms with van der Waals surface area (Å²) >= 11 is 1.69. The zero-order valence-electron chi connectivity index (χ0n) is 13.0. The van der Waals surface area contributed by atoms with E-state index in [1.54, 1.807) is 11.3 Å². The molecule has 0 spiro atoms. The van der Waals surface area contributed by atoms with E-state index in [9.17, 15) is 4.79 Å². The van der Waals surface area contributed by atoms with Crippen LogP contribution in [0.15, 0.2) is 41.8 Å². The number of nitrogens with zero attached hydrogens (tertiary/aromatic N) is 1. The van der Waals surface area contributed by atoms with E-state index in [0.29, 0.717) is 13.0 Å². The second kappa shape index (κ2) is 6.63. The van der Waals surface area contributed by atoms with E-state index in [0.717, 1.165) is 6.42 Å². The zero-order valence-corrected chi connectivity index (χ0v) is 13.8. The van der Waals surface area contributed by atoms with Crippen LogP contribution < -0.4 is 0 Å². The molecule has 0 saturated carbocycles. The van der Waals surface area contributed by atoms with Crippen molar-refractivity contribution in [3.8, 4) is 0 Å². The second-order valence-corrected chi connectivity index (χ2v) is 6.69. The van der Waals surface area contributed by atoms with E-state index >= 15 is 0 Å². The fourth-order valence-corrected chi connectivity index (χ4v) is 3.71. The third-order valence-electron chi connectivity index (χ3n) is 4.38. The lowest BCUT2D eigenvalue weighted by Gasteiger charge is -2.29. The third kappa shape index (κ3) is 3.08. The second-order valence-electron chi connectivity index (χ2n) is 5.71. The molecule has 0 saturated heterocycles. The fourth-order valence-electron chi connectivity index (χ4n) is 2.88. The van der Waals surface area contributed by atoms with Crippen LogP contribution in [-0.4, -0.2) is 24.5 Å². The first-order chi connectivity index (χ1) is 10.7. The largest absolute Gasteiger partial charge is 0.373 e. The molecule has 0 radical (unpaired) electrons. The van der Waals surface area contributed by atoms with Crippen molar-refractivity contribution in [1.29, 1.82) is 0 Å². The van der Waals surface area contributed by atoms with Gasteiger partial charge in [-0.25, -0.2) is 0 Å². The van der Waals surface area contributed by atoms with Gasteiger partial charge >= 0.3 is 0 Å². The van der Waals surface area contributed by atoms with Crippen LogP contribution in [0, 0.1) is 0 Å². The van der Waals surface area contributed by atoms with E-state index in [4.69, 9.17) is 4.74 Å². The van der Waals surface area contributed by atoms with Gasteiger partial charge in [0.1, 0.15) is 0 Å². The van der Waals surface area contributed by atoms with Gasteiger partial charge in [0.2, 0.25) is 5.91 Å². The van der Waals surface area contributed by atoms with E-state index in [1.807, 2.05) is 35.5 Å². The van der Waals surface area contributed by atoms with Gasteiger partial charge in [0, 0.05) is 11.9 Å². The summed E-state index contributed by atoms with van der Waals surface area (Å²) in [5.74, 6) is 0.127. The number of thiophene rings is 1. The number of hydrogen-bond acceptors (Lipinski definition) is 3. The lowest BCUT2D eigenvalue weighted by Crippen LogP contribution is -2.31. The van der Waals surface area contributed by atoms with Crippen molar-refractivity contribution in [3.05, 3.63) is 57.8 Å². The molecular weight excluding hydrogens is 294 g/mol. The molecule has 2 atom stereocenters. The van der Waals surface area contributed by atoms with Gasteiger partial charge < -0.3 is 9.64 Å². The molecule has 1 amide bonds. The highest BCUT2D eigenvalue weighted by atomic mass is 32.1. The van der Waals surface area contributed by atoms with Crippen molar-refractivity contribution in [2.45, 2.75) is 31.9 Å². The molecule has 2 heterocycles. The summed E-state index contributed by atoms with van der Waals surface area (Å²) in [6.45, 7) is 2.76. The Balaban J connectivity index is 1.70. The molecule has 0 aliphatic carbocycles. The average molecular weight is 315 g/mol. The summed E-state index contributed by atoms with van der Waals surface area (Å²) in [5.41, 5.74) is 2.47. The van der Waals surface area contributed by atoms with Crippen molar-refractivity contribution in [2.75, 3.05) is 13.7 Å². The highest BCUT2D eigenvalue weighted by Crippen LogP contribution is 2.31. The van der Waals surface area contributed by atoms with Crippen LogP contribution >= 0.6 is 11.3 Å². The maximum absolute atomic E-state index is 12.6. The van der Waals surface area contributed by atoms with Gasteiger partial charge in [0.05, 0.1) is 25.2 Å². The Morgan fingerprint density at radius 1 is 1.36 bits per heavy atom. The Morgan fingerprint density at radius 2 is 2.18 bits per heavy atom. The molecule has 3 rings (SSSR count). The SMILES string of the molecule is C[C@H](c1cccs1)N(C)C(=O)C[C@H]1OCCc2ccccc21. The van der Waals surface area contributed by atoms with Gasteiger partial charge in [-0.2, -0.15) is 0 Å². The van der Waals surface area contributed by atoms with Crippen LogP contribution in [0.3, 0.4) is 0 Å². The molecule has 1 aliphatic heterocycles. The number of amides is 1. The molecule has 0 unspecified atom stereocenters. The smallest absolute Gasteiger partial charge is 0.225 e. The summed E-state index contributed by atoms with van der Waals surface area (Å²) in [6.07, 6.45) is 1.22. The van der Waals surface area contributed by atoms with Crippen molar-refractivity contribution >= 4 is 17.2 Å². The summed E-state index contributed by atoms with van der Waals surface area (Å²) in [4.78, 5) is 15.6. The monoisotopic (exact) mass is 315 g/mol. The Morgan fingerprint density at radius 3 is 2.95 bits per heavy atom. The molecular formula is C18H21NO2S. The molecule has 116 valence electrons. The number of fused-ring (bicyclic) bond motifs is 1. The molecule has 2 aromatic rings. The minimum Gasteiger partial charge on any atom is -0.373 e. The minimum atomic E-state index is -0.115. The van der Waals surface area contributed by atoms with Crippen LogP contribution in [0.4, 0.5) is 0 Å². The Kier molecular flexibility index (Phi) is 4.60. The van der Waals surface area contributed by atoms with E-state index in [-0.39, 0.29) is 18.1 Å². The van der Waals surface area contributed by atoms with Gasteiger partial charge in [0.15, 0.2) is 0 Å². The number of ether oxygens (including phenoxy) is 1. The normalized spacial score (nSPS) is 18.5. The number of carbonyl (C=O) groups is 1. The van der Waals surface area contributed by atoms with Crippen molar-refractivity contribution in [2.24, 2.45) is 0 Å². The lowest BCUT2D eigenvalue weighted by atomic mass is 9.95. The first-order valence-corrected chi connectivity index (χ1v) is 8.53. The number of rotatable bonds is 4. The van der Waals surface area contributed by atoms with Gasteiger partial charge in [-0.15, -0.1) is 11.3 Å². The average Bonchev–Trinajstić information content (AvgIpc) is 3.08. The molecule has 0 fully saturated rings. The fraction of sp³-hybridized carbons (Fsp3) is 0.389. The maximum atomic E-state index is 12.6. The maximum Gasteiger partial charge on any atom is 0.225 e. The number of hydrogen-bond donors (Lipinski definition) is 0. The molecule has 3 nitrogen and oxygen atoms in total. The standard InChI is InChI=1S/C18H21NO2S/c1-13(17-8-5-11-22-17)19(2)18(20)12-16-15-7-4-3-6-14(15)9-10-21-16/h3-8,11,13,16H,9-10,12H2,1-2H3/t13-,16-/m1/s1. The molecule has 4 heteroatoms. The zero-order chi connectivity index (χ0) is 15.5. The summed E-state index contributed by atoms with van der Waals surface area (Å²) in [6, 6.07) is 12.5. The topological polar surface area (TPSA) is 29.5 Å². The molecule has 22 heavy (non-hydrogen) atoms. The van der Waals surface area contributed by atoms with Gasteiger partial charge in [-0.05, 0) is 35.9 Å². The van der Waals surface area contributed by atoms with Gasteiger partial charge in [-0.1, -0.05) is 30.3 Å². The lowest BCUT2D eigenvalue weighted by molar-refractivity contribution is -0.135. The number of benzene rings is 1. The quantitative estimate of drug-likeness (QED) is 0.854. The Labute approximate surface area is 135 Å². The van der Waals surface area contributed by atoms with Crippen molar-refractivity contribution in [1.82, 2.24) is 4.90 Å². The summed E-state index contributed by atoms with van der Waals surface area (Å²) in [7, 11) is 1.88.